The van der Waals surface area contributed by atoms with Crippen molar-refractivity contribution in [3.63, 3.8) is 0 Å². The number of para-hydroxylation sites is 1. The monoisotopic (exact) mass is 460 g/mol. The maximum Gasteiger partial charge on any atom is 0.230 e. The number of carbonyl (C=O) groups is 1. The lowest BCUT2D eigenvalue weighted by atomic mass is 10.1. The molecule has 0 fully saturated rings. The molecule has 0 unspecified atom stereocenters. The molecule has 0 saturated carbocycles. The molecule has 1 N–H and O–H groups in total. The zero-order valence-electron chi connectivity index (χ0n) is 19.4. The average Bonchev–Trinajstić information content (AvgIpc) is 3.37. The lowest BCUT2D eigenvalue weighted by Gasteiger charge is -2.09. The van der Waals surface area contributed by atoms with E-state index in [1.807, 2.05) is 67.1 Å². The van der Waals surface area contributed by atoms with E-state index in [0.717, 1.165) is 51.3 Å². The molecule has 8 heteroatoms. The minimum Gasteiger partial charge on any atom is -0.351 e. The first-order valence-electron chi connectivity index (χ1n) is 11.0. The highest BCUT2D eigenvalue weighted by molar-refractivity contribution is 7.99. The highest BCUT2D eigenvalue weighted by Crippen LogP contribution is 2.26. The number of aryl methyl sites for hydroxylation is 2. The number of amides is 1. The van der Waals surface area contributed by atoms with Crippen molar-refractivity contribution in [1.82, 2.24) is 29.9 Å². The molecule has 7 nitrogen and oxygen atoms in total. The van der Waals surface area contributed by atoms with Gasteiger partial charge in [0.2, 0.25) is 5.91 Å². The van der Waals surface area contributed by atoms with Gasteiger partial charge in [0.1, 0.15) is 0 Å². The van der Waals surface area contributed by atoms with Crippen LogP contribution in [0.2, 0.25) is 0 Å². The molecule has 170 valence electrons. The molecule has 2 heterocycles. The Hall–Kier alpha value is -3.39. The summed E-state index contributed by atoms with van der Waals surface area (Å²) in [5.74, 6) is 1.06. The molecule has 0 aliphatic rings. The van der Waals surface area contributed by atoms with Crippen LogP contribution in [0.25, 0.3) is 17.1 Å². The second-order valence-corrected chi connectivity index (χ2v) is 8.77. The van der Waals surface area contributed by atoms with Gasteiger partial charge in [0, 0.05) is 29.9 Å². The van der Waals surface area contributed by atoms with Crippen LogP contribution in [0.15, 0.2) is 59.8 Å². The number of benzene rings is 2. The Morgan fingerprint density at radius 3 is 2.45 bits per heavy atom. The van der Waals surface area contributed by atoms with Crippen molar-refractivity contribution >= 4 is 17.7 Å². The van der Waals surface area contributed by atoms with Crippen molar-refractivity contribution in [3.8, 4) is 17.1 Å². The smallest absolute Gasteiger partial charge is 0.230 e. The van der Waals surface area contributed by atoms with Crippen LogP contribution in [0.3, 0.4) is 0 Å². The van der Waals surface area contributed by atoms with Crippen LogP contribution in [-0.2, 0) is 17.9 Å². The van der Waals surface area contributed by atoms with Crippen molar-refractivity contribution < 1.29 is 4.79 Å². The van der Waals surface area contributed by atoms with Gasteiger partial charge < -0.3 is 9.88 Å². The number of nitrogens with zero attached hydrogens (tertiary/aromatic N) is 5. The molecule has 0 atom stereocenters. The zero-order chi connectivity index (χ0) is 23.4. The molecule has 2 aromatic heterocycles. The summed E-state index contributed by atoms with van der Waals surface area (Å²) < 4.78 is 3.97. The molecule has 33 heavy (non-hydrogen) atoms. The van der Waals surface area contributed by atoms with Gasteiger partial charge in [0.15, 0.2) is 11.0 Å². The van der Waals surface area contributed by atoms with Gasteiger partial charge in [-0.1, -0.05) is 54.2 Å². The summed E-state index contributed by atoms with van der Waals surface area (Å²) in [7, 11) is 0. The predicted molar refractivity (Wildman–Crippen MR) is 131 cm³/mol. The molecule has 0 spiro atoms. The van der Waals surface area contributed by atoms with Crippen LogP contribution >= 0.6 is 11.8 Å². The van der Waals surface area contributed by atoms with Crippen LogP contribution in [0, 0.1) is 20.8 Å². The molecule has 0 bridgehead atoms. The van der Waals surface area contributed by atoms with Gasteiger partial charge in [-0.05, 0) is 45.4 Å². The third-order valence-electron chi connectivity index (χ3n) is 5.66. The Morgan fingerprint density at radius 1 is 1.00 bits per heavy atom. The molecule has 0 aliphatic carbocycles. The van der Waals surface area contributed by atoms with E-state index in [1.54, 1.807) is 0 Å². The molecule has 4 aromatic rings. The summed E-state index contributed by atoms with van der Waals surface area (Å²) >= 11 is 1.40. The van der Waals surface area contributed by atoms with E-state index in [2.05, 4.69) is 45.1 Å². The first-order valence-corrected chi connectivity index (χ1v) is 12.0. The highest BCUT2D eigenvalue weighted by atomic mass is 32.2. The second-order valence-electron chi connectivity index (χ2n) is 7.83. The van der Waals surface area contributed by atoms with Gasteiger partial charge in [0.05, 0.1) is 17.1 Å². The van der Waals surface area contributed by atoms with Gasteiger partial charge in [-0.15, -0.1) is 10.2 Å². The van der Waals surface area contributed by atoms with E-state index < -0.39 is 0 Å². The first kappa shape index (κ1) is 22.8. The van der Waals surface area contributed by atoms with Crippen LogP contribution in [0.4, 0.5) is 0 Å². The minimum absolute atomic E-state index is 0.0469. The number of carbonyl (C=O) groups excluding carboxylic acids is 1. The Labute approximate surface area is 198 Å². The first-order chi connectivity index (χ1) is 16.0. The number of thioether (sulfide) groups is 1. The Bertz CT molecular complexity index is 1260. The zero-order valence-corrected chi connectivity index (χ0v) is 20.2. The number of hydrogen-bond acceptors (Lipinski definition) is 5. The molecular weight excluding hydrogens is 432 g/mol. The van der Waals surface area contributed by atoms with Gasteiger partial charge >= 0.3 is 0 Å². The molecule has 0 radical (unpaired) electrons. The number of nitrogens with one attached hydrogen (secondary N) is 1. The minimum atomic E-state index is -0.0469. The molecule has 2 aromatic carbocycles. The Balaban J connectivity index is 1.40. The average molecular weight is 461 g/mol. The fourth-order valence-electron chi connectivity index (χ4n) is 3.82. The van der Waals surface area contributed by atoms with Crippen molar-refractivity contribution in [1.29, 1.82) is 0 Å². The van der Waals surface area contributed by atoms with E-state index in [-0.39, 0.29) is 11.7 Å². The Kier molecular flexibility index (Phi) is 6.93. The van der Waals surface area contributed by atoms with Crippen LogP contribution < -0.4 is 5.32 Å². The topological polar surface area (TPSA) is 77.6 Å². The maximum atomic E-state index is 12.6. The lowest BCUT2D eigenvalue weighted by molar-refractivity contribution is -0.118. The van der Waals surface area contributed by atoms with E-state index in [1.165, 1.54) is 11.8 Å². The third-order valence-corrected chi connectivity index (χ3v) is 6.62. The number of hydrogen-bond donors (Lipinski definition) is 1. The lowest BCUT2D eigenvalue weighted by Crippen LogP contribution is -2.25. The maximum absolute atomic E-state index is 12.6. The Morgan fingerprint density at radius 2 is 1.73 bits per heavy atom. The summed E-state index contributed by atoms with van der Waals surface area (Å²) in [6.07, 6.45) is 0. The fraction of sp³-hybridized carbons (Fsp3) is 0.280. The van der Waals surface area contributed by atoms with Crippen LogP contribution in [-0.4, -0.2) is 36.2 Å². The third kappa shape index (κ3) is 4.85. The molecule has 0 saturated heterocycles. The van der Waals surface area contributed by atoms with E-state index in [0.29, 0.717) is 6.54 Å². The van der Waals surface area contributed by atoms with Gasteiger partial charge in [-0.25, -0.2) is 4.68 Å². The van der Waals surface area contributed by atoms with Crippen molar-refractivity contribution in [2.24, 2.45) is 0 Å². The molecule has 4 rings (SSSR count). The number of aromatic nitrogens is 5. The number of rotatable bonds is 8. The summed E-state index contributed by atoms with van der Waals surface area (Å²) in [6, 6.07) is 18.1. The van der Waals surface area contributed by atoms with Gasteiger partial charge in [0.25, 0.3) is 0 Å². The summed E-state index contributed by atoms with van der Waals surface area (Å²) in [4.78, 5) is 12.6. The standard InChI is InChI=1S/C25H28N6OS/c1-5-30-24(21-14-10-9-11-17(21)2)27-28-25(30)33-16-23(32)26-15-22-18(3)29-31(19(22)4)20-12-7-6-8-13-20/h6-14H,5,15-16H2,1-4H3,(H,26,32). The largest absolute Gasteiger partial charge is 0.351 e. The van der Waals surface area contributed by atoms with Crippen molar-refractivity contribution in [2.75, 3.05) is 5.75 Å². The van der Waals surface area contributed by atoms with Gasteiger partial charge in [-0.3, -0.25) is 4.79 Å². The van der Waals surface area contributed by atoms with E-state index in [9.17, 15) is 4.79 Å². The van der Waals surface area contributed by atoms with E-state index in [4.69, 9.17) is 0 Å². The van der Waals surface area contributed by atoms with Crippen LogP contribution in [0.1, 0.15) is 29.4 Å². The molecular formula is C25H28N6OS. The SMILES string of the molecule is CCn1c(SCC(=O)NCc2c(C)nn(-c3ccccc3)c2C)nnc1-c1ccccc1C. The normalized spacial score (nSPS) is 11.0. The van der Waals surface area contributed by atoms with Crippen molar-refractivity contribution in [3.05, 3.63) is 77.1 Å². The summed E-state index contributed by atoms with van der Waals surface area (Å²) in [5, 5.41) is 17.2. The highest BCUT2D eigenvalue weighted by Gasteiger charge is 2.17. The fourth-order valence-corrected chi connectivity index (χ4v) is 4.66. The summed E-state index contributed by atoms with van der Waals surface area (Å²) in [5.41, 5.74) is 6.20. The quantitative estimate of drug-likeness (QED) is 0.392. The van der Waals surface area contributed by atoms with Crippen LogP contribution in [0.5, 0.6) is 0 Å². The summed E-state index contributed by atoms with van der Waals surface area (Å²) in [6.45, 7) is 9.30. The molecule has 1 amide bonds. The molecule has 0 aliphatic heterocycles. The predicted octanol–water partition coefficient (Wildman–Crippen LogP) is 4.48. The van der Waals surface area contributed by atoms with E-state index >= 15 is 0 Å². The second kappa shape index (κ2) is 10.0. The van der Waals surface area contributed by atoms with Crippen molar-refractivity contribution in [2.45, 2.75) is 45.9 Å². The van der Waals surface area contributed by atoms with Gasteiger partial charge in [-0.2, -0.15) is 5.10 Å².